The van der Waals surface area contributed by atoms with Crippen molar-refractivity contribution in [2.45, 2.75) is 25.6 Å². The largest absolute Gasteiger partial charge is 0.504 e. The van der Waals surface area contributed by atoms with Crippen LogP contribution < -0.4 is 19.5 Å². The van der Waals surface area contributed by atoms with Crippen LogP contribution in [0.4, 0.5) is 0 Å². The van der Waals surface area contributed by atoms with Crippen LogP contribution >= 0.6 is 0 Å². The molecule has 1 heterocycles. The van der Waals surface area contributed by atoms with E-state index >= 15 is 0 Å². The number of phenols is 1. The molecule has 166 valence electrons. The lowest BCUT2D eigenvalue weighted by molar-refractivity contribution is 0.313. The highest BCUT2D eigenvalue weighted by molar-refractivity contribution is 6.01. The van der Waals surface area contributed by atoms with E-state index in [1.54, 1.807) is 20.3 Å². The Morgan fingerprint density at radius 1 is 0.906 bits per heavy atom. The van der Waals surface area contributed by atoms with Crippen molar-refractivity contribution < 1.29 is 19.3 Å². The molecule has 0 spiro atoms. The third kappa shape index (κ3) is 4.41. The van der Waals surface area contributed by atoms with E-state index in [1.165, 1.54) is 0 Å². The first kappa shape index (κ1) is 21.7. The summed E-state index contributed by atoms with van der Waals surface area (Å²) in [6.07, 6.45) is 0.276. The molecule has 3 aromatic carbocycles. The van der Waals surface area contributed by atoms with Crippen molar-refractivity contribution in [2.24, 2.45) is 4.99 Å². The Kier molecular flexibility index (Phi) is 6.61. The Morgan fingerprint density at radius 2 is 1.62 bits per heavy atom. The number of hydrogen-bond donors (Lipinski definition) is 2. The molecule has 6 nitrogen and oxygen atoms in total. The van der Waals surface area contributed by atoms with Gasteiger partial charge < -0.3 is 19.3 Å². The van der Waals surface area contributed by atoms with Gasteiger partial charge in [0.05, 0.1) is 20.8 Å². The number of nitrogens with zero attached hydrogens (tertiary/aromatic N) is 1. The van der Waals surface area contributed by atoms with Gasteiger partial charge in [0.2, 0.25) is 0 Å². The van der Waals surface area contributed by atoms with Gasteiger partial charge in [-0.25, -0.2) is 0 Å². The zero-order valence-electron chi connectivity index (χ0n) is 18.5. The van der Waals surface area contributed by atoms with E-state index in [-0.39, 0.29) is 18.0 Å². The second-order valence-electron chi connectivity index (χ2n) is 7.50. The second kappa shape index (κ2) is 9.75. The average Bonchev–Trinajstić information content (AvgIpc) is 2.85. The number of aliphatic imine (C=N–C) groups is 1. The molecular weight excluding hydrogens is 404 g/mol. The van der Waals surface area contributed by atoms with E-state index in [0.717, 1.165) is 33.9 Å². The van der Waals surface area contributed by atoms with Gasteiger partial charge >= 0.3 is 0 Å². The minimum Gasteiger partial charge on any atom is -0.504 e. The van der Waals surface area contributed by atoms with Gasteiger partial charge in [-0.2, -0.15) is 0 Å². The fourth-order valence-electron chi connectivity index (χ4n) is 4.01. The molecule has 0 fully saturated rings. The number of ether oxygens (including phenoxy) is 3. The van der Waals surface area contributed by atoms with Gasteiger partial charge in [0.1, 0.15) is 17.7 Å². The molecule has 2 atom stereocenters. The zero-order chi connectivity index (χ0) is 22.5. The van der Waals surface area contributed by atoms with Crippen LogP contribution in [-0.4, -0.2) is 31.6 Å². The molecule has 0 saturated heterocycles. The maximum atomic E-state index is 10.9. The van der Waals surface area contributed by atoms with Crippen LogP contribution in [-0.2, 0) is 0 Å². The Bertz CT molecular complexity index is 1100. The molecule has 1 aliphatic rings. The van der Waals surface area contributed by atoms with E-state index in [2.05, 4.69) is 5.32 Å². The molecule has 0 saturated carbocycles. The Hall–Kier alpha value is -3.51. The number of methoxy groups -OCH3 is 2. The molecule has 4 rings (SSSR count). The zero-order valence-corrected chi connectivity index (χ0v) is 18.5. The Morgan fingerprint density at radius 3 is 2.34 bits per heavy atom. The van der Waals surface area contributed by atoms with Gasteiger partial charge in [-0.15, -0.1) is 0 Å². The minimum atomic E-state index is -0.336. The third-order valence-electron chi connectivity index (χ3n) is 5.60. The van der Waals surface area contributed by atoms with Crippen LogP contribution in [0, 0.1) is 0 Å². The van der Waals surface area contributed by atoms with Crippen molar-refractivity contribution >= 4 is 5.71 Å². The molecule has 2 N–H and O–H groups in total. The maximum Gasteiger partial charge on any atom is 0.162 e. The van der Waals surface area contributed by atoms with Crippen LogP contribution in [0.25, 0.3) is 0 Å². The number of rotatable bonds is 7. The number of aromatic hydroxyl groups is 1. The highest BCUT2D eigenvalue weighted by Crippen LogP contribution is 2.40. The normalized spacial score (nSPS) is 18.0. The van der Waals surface area contributed by atoms with Crippen LogP contribution in [0.3, 0.4) is 0 Å². The number of phenolic OH excluding ortho intramolecular Hbond substituents is 1. The van der Waals surface area contributed by atoms with Crippen LogP contribution in [0.2, 0.25) is 0 Å². The van der Waals surface area contributed by atoms with E-state index in [9.17, 15) is 5.11 Å². The van der Waals surface area contributed by atoms with Crippen molar-refractivity contribution in [3.05, 3.63) is 83.4 Å². The first-order valence-corrected chi connectivity index (χ1v) is 10.7. The molecule has 0 bridgehead atoms. The fourth-order valence-corrected chi connectivity index (χ4v) is 4.01. The topological polar surface area (TPSA) is 72.3 Å². The lowest BCUT2D eigenvalue weighted by Crippen LogP contribution is -2.33. The molecule has 0 amide bonds. The predicted molar refractivity (Wildman–Crippen MR) is 125 cm³/mol. The predicted octanol–water partition coefficient (Wildman–Crippen LogP) is 5.03. The minimum absolute atomic E-state index is 0.154. The van der Waals surface area contributed by atoms with Crippen molar-refractivity contribution in [1.82, 2.24) is 5.32 Å². The summed E-state index contributed by atoms with van der Waals surface area (Å²) >= 11 is 0. The quantitative estimate of drug-likeness (QED) is 0.548. The molecule has 1 aliphatic heterocycles. The van der Waals surface area contributed by atoms with Crippen LogP contribution in [0.5, 0.6) is 23.0 Å². The summed E-state index contributed by atoms with van der Waals surface area (Å²) in [5.41, 5.74) is 3.66. The molecule has 6 heteroatoms. The van der Waals surface area contributed by atoms with E-state index in [4.69, 9.17) is 19.2 Å². The molecule has 0 aliphatic carbocycles. The number of para-hydroxylation sites is 2. The van der Waals surface area contributed by atoms with Crippen LogP contribution in [0.1, 0.15) is 42.2 Å². The van der Waals surface area contributed by atoms with Crippen LogP contribution in [0.15, 0.2) is 71.7 Å². The summed E-state index contributed by atoms with van der Waals surface area (Å²) in [6.45, 7) is 2.38. The van der Waals surface area contributed by atoms with E-state index in [0.29, 0.717) is 18.8 Å². The smallest absolute Gasteiger partial charge is 0.162 e. The summed E-state index contributed by atoms with van der Waals surface area (Å²) in [5.74, 6) is 2.19. The summed E-state index contributed by atoms with van der Waals surface area (Å²) in [4.78, 5) is 5.02. The summed E-state index contributed by atoms with van der Waals surface area (Å²) in [6, 6.07) is 21.2. The SMILES string of the molecule is CCOc1cccc(C2CC(c3ccc(OC)cc3)=NC(c3ccccc3OC)N2)c1O. The first-order chi connectivity index (χ1) is 15.6. The molecule has 3 aromatic rings. The molecular formula is C26H28N2O4. The van der Waals surface area contributed by atoms with Crippen molar-refractivity contribution in [2.75, 3.05) is 20.8 Å². The average molecular weight is 433 g/mol. The maximum absolute atomic E-state index is 10.9. The number of nitrogens with one attached hydrogen (secondary N) is 1. The third-order valence-corrected chi connectivity index (χ3v) is 5.60. The Balaban J connectivity index is 1.77. The lowest BCUT2D eigenvalue weighted by Gasteiger charge is -2.31. The molecule has 2 unspecified atom stereocenters. The fraction of sp³-hybridized carbons (Fsp3) is 0.269. The summed E-state index contributed by atoms with van der Waals surface area (Å²) in [5, 5.41) is 14.5. The Labute approximate surface area is 188 Å². The molecule has 32 heavy (non-hydrogen) atoms. The molecule has 0 aromatic heterocycles. The van der Waals surface area contributed by atoms with Gasteiger partial charge in [0, 0.05) is 29.3 Å². The number of benzene rings is 3. The van der Waals surface area contributed by atoms with E-state index in [1.807, 2.05) is 67.6 Å². The lowest BCUT2D eigenvalue weighted by atomic mass is 9.93. The monoisotopic (exact) mass is 432 g/mol. The van der Waals surface area contributed by atoms with Crippen molar-refractivity contribution in [1.29, 1.82) is 0 Å². The van der Waals surface area contributed by atoms with Gasteiger partial charge in [-0.05, 0) is 48.9 Å². The standard InChI is InChI=1S/C26H28N2O4/c1-4-32-24-11-7-9-19(25(24)29)22-16-21(17-12-14-18(30-2)15-13-17)27-26(28-22)20-8-5-6-10-23(20)31-3/h5-15,22,26,28-29H,4,16H2,1-3H3. The van der Waals surface area contributed by atoms with E-state index < -0.39 is 0 Å². The summed E-state index contributed by atoms with van der Waals surface area (Å²) < 4.78 is 16.5. The second-order valence-corrected chi connectivity index (χ2v) is 7.50. The van der Waals surface area contributed by atoms with Crippen molar-refractivity contribution in [3.8, 4) is 23.0 Å². The van der Waals surface area contributed by atoms with Gasteiger partial charge in [0.15, 0.2) is 11.5 Å². The summed E-state index contributed by atoms with van der Waals surface area (Å²) in [7, 11) is 3.31. The van der Waals surface area contributed by atoms with Gasteiger partial charge in [-0.3, -0.25) is 10.3 Å². The highest BCUT2D eigenvalue weighted by atomic mass is 16.5. The van der Waals surface area contributed by atoms with Gasteiger partial charge in [0.25, 0.3) is 0 Å². The molecule has 0 radical (unpaired) electrons. The van der Waals surface area contributed by atoms with Crippen molar-refractivity contribution in [3.63, 3.8) is 0 Å². The highest BCUT2D eigenvalue weighted by Gasteiger charge is 2.29. The van der Waals surface area contributed by atoms with Gasteiger partial charge in [-0.1, -0.05) is 30.3 Å². The first-order valence-electron chi connectivity index (χ1n) is 10.7. The number of hydrogen-bond acceptors (Lipinski definition) is 6.